The largest absolute Gasteiger partial charge is 0.274 e. The van der Waals surface area contributed by atoms with Crippen LogP contribution >= 0.6 is 11.6 Å². The van der Waals surface area contributed by atoms with E-state index < -0.39 is 12.0 Å². The van der Waals surface area contributed by atoms with E-state index in [9.17, 15) is 9.59 Å². The lowest BCUT2D eigenvalue weighted by Crippen LogP contribution is -2.44. The maximum atomic E-state index is 13.7. The summed E-state index contributed by atoms with van der Waals surface area (Å²) < 4.78 is 0. The summed E-state index contributed by atoms with van der Waals surface area (Å²) in [6, 6.07) is 11.2. The van der Waals surface area contributed by atoms with Crippen molar-refractivity contribution in [2.45, 2.75) is 39.3 Å². The molecular weight excluding hydrogens is 386 g/mol. The molecule has 0 saturated carbocycles. The molecule has 150 valence electrons. The first-order chi connectivity index (χ1) is 13.9. The molecule has 2 aromatic rings. The third-order valence-corrected chi connectivity index (χ3v) is 6.73. The first-order valence-electron chi connectivity index (χ1n) is 10.1. The van der Waals surface area contributed by atoms with E-state index in [1.165, 1.54) is 4.90 Å². The Morgan fingerprint density at radius 3 is 2.07 bits per heavy atom. The van der Waals surface area contributed by atoms with Gasteiger partial charge in [0.1, 0.15) is 6.04 Å². The summed E-state index contributed by atoms with van der Waals surface area (Å²) in [5, 5.41) is 5.02. The second kappa shape index (κ2) is 6.66. The van der Waals surface area contributed by atoms with Gasteiger partial charge in [0.2, 0.25) is 5.91 Å². The molecule has 6 heteroatoms. The number of hydrogen-bond acceptors (Lipinski definition) is 4. The third kappa shape index (κ3) is 2.68. The van der Waals surface area contributed by atoms with E-state index in [4.69, 9.17) is 11.6 Å². The monoisotopic (exact) mass is 409 g/mol. The van der Waals surface area contributed by atoms with Crippen LogP contribution < -0.4 is 4.90 Å². The van der Waals surface area contributed by atoms with Crippen molar-refractivity contribution in [2.75, 3.05) is 18.0 Å². The Morgan fingerprint density at radius 1 is 0.862 bits per heavy atom. The van der Waals surface area contributed by atoms with Crippen molar-refractivity contribution >= 4 is 29.1 Å². The smallest absolute Gasteiger partial charge is 0.253 e. The summed E-state index contributed by atoms with van der Waals surface area (Å²) in [6.07, 6.45) is 0.997. The molecule has 2 amide bonds. The van der Waals surface area contributed by atoms with Crippen molar-refractivity contribution in [3.63, 3.8) is 0 Å². The van der Waals surface area contributed by atoms with Crippen molar-refractivity contribution < 1.29 is 9.59 Å². The second-order valence-corrected chi connectivity index (χ2v) is 8.84. The van der Waals surface area contributed by atoms with E-state index in [1.54, 1.807) is 0 Å². The molecule has 5 rings (SSSR count). The maximum Gasteiger partial charge on any atom is 0.253 e. The number of aryl methyl sites for hydroxylation is 3. The summed E-state index contributed by atoms with van der Waals surface area (Å²) in [7, 11) is 0. The molecular formula is C23H24ClN3O2. The Hall–Kier alpha value is -2.21. The Kier molecular flexibility index (Phi) is 4.32. The van der Waals surface area contributed by atoms with E-state index >= 15 is 0 Å². The minimum atomic E-state index is -0.425. The lowest BCUT2D eigenvalue weighted by molar-refractivity contribution is -0.126. The van der Waals surface area contributed by atoms with Crippen LogP contribution in [-0.4, -0.2) is 41.0 Å². The Morgan fingerprint density at radius 2 is 1.45 bits per heavy atom. The topological polar surface area (TPSA) is 43.9 Å². The van der Waals surface area contributed by atoms with Gasteiger partial charge in [-0.2, -0.15) is 0 Å². The molecule has 29 heavy (non-hydrogen) atoms. The zero-order valence-electron chi connectivity index (χ0n) is 16.9. The van der Waals surface area contributed by atoms with Crippen molar-refractivity contribution in [2.24, 2.45) is 5.92 Å². The average molecular weight is 410 g/mol. The van der Waals surface area contributed by atoms with Gasteiger partial charge in [0, 0.05) is 18.1 Å². The highest BCUT2D eigenvalue weighted by Crippen LogP contribution is 2.49. The fourth-order valence-corrected chi connectivity index (χ4v) is 5.64. The van der Waals surface area contributed by atoms with Gasteiger partial charge in [0.05, 0.1) is 17.6 Å². The van der Waals surface area contributed by atoms with Gasteiger partial charge in [-0.15, -0.1) is 0 Å². The van der Waals surface area contributed by atoms with Crippen LogP contribution in [0, 0.1) is 26.7 Å². The summed E-state index contributed by atoms with van der Waals surface area (Å²) in [4.78, 5) is 28.7. The van der Waals surface area contributed by atoms with Gasteiger partial charge in [0.25, 0.3) is 5.91 Å². The Labute approximate surface area is 175 Å². The van der Waals surface area contributed by atoms with Crippen LogP contribution in [0.1, 0.15) is 34.7 Å². The summed E-state index contributed by atoms with van der Waals surface area (Å²) in [5.74, 6) is -0.591. The van der Waals surface area contributed by atoms with Gasteiger partial charge in [-0.1, -0.05) is 41.4 Å². The van der Waals surface area contributed by atoms with E-state index in [-0.39, 0.29) is 17.9 Å². The molecule has 5 nitrogen and oxygen atoms in total. The third-order valence-electron chi connectivity index (χ3n) is 6.48. The quantitative estimate of drug-likeness (QED) is 0.707. The molecule has 0 aromatic heterocycles. The van der Waals surface area contributed by atoms with Gasteiger partial charge >= 0.3 is 0 Å². The predicted octanol–water partition coefficient (Wildman–Crippen LogP) is 3.80. The fourth-order valence-electron chi connectivity index (χ4n) is 5.52. The van der Waals surface area contributed by atoms with Crippen molar-refractivity contribution in [1.82, 2.24) is 10.0 Å². The van der Waals surface area contributed by atoms with Crippen LogP contribution in [0.5, 0.6) is 0 Å². The summed E-state index contributed by atoms with van der Waals surface area (Å²) in [6.45, 7) is 7.66. The number of imide groups is 1. The zero-order chi connectivity index (χ0) is 20.4. The lowest BCUT2D eigenvalue weighted by Gasteiger charge is -2.30. The van der Waals surface area contributed by atoms with Crippen LogP contribution in [0.15, 0.2) is 36.4 Å². The van der Waals surface area contributed by atoms with Gasteiger partial charge in [0.15, 0.2) is 0 Å². The number of hydrazine groups is 1. The van der Waals surface area contributed by atoms with Gasteiger partial charge in [-0.05, 0) is 56.0 Å². The van der Waals surface area contributed by atoms with E-state index in [2.05, 4.69) is 10.0 Å². The molecule has 0 radical (unpaired) electrons. The van der Waals surface area contributed by atoms with Gasteiger partial charge < -0.3 is 0 Å². The minimum absolute atomic E-state index is 0.0931. The number of carbonyl (C=O) groups is 2. The molecule has 0 unspecified atom stereocenters. The first-order valence-corrected chi connectivity index (χ1v) is 10.5. The number of carbonyl (C=O) groups excluding carboxylic acids is 2. The first kappa shape index (κ1) is 18.8. The highest BCUT2D eigenvalue weighted by atomic mass is 35.5. The molecule has 3 saturated heterocycles. The normalized spacial score (nSPS) is 27.0. The number of fused-ring (bicyclic) bond motifs is 3. The fraction of sp³-hybridized carbons (Fsp3) is 0.391. The molecule has 2 aromatic carbocycles. The summed E-state index contributed by atoms with van der Waals surface area (Å²) >= 11 is 6.09. The van der Waals surface area contributed by atoms with Crippen molar-refractivity contribution in [3.8, 4) is 0 Å². The highest BCUT2D eigenvalue weighted by molar-refractivity contribution is 6.30. The van der Waals surface area contributed by atoms with E-state index in [0.717, 1.165) is 47.5 Å². The number of halogens is 1. The van der Waals surface area contributed by atoms with Crippen LogP contribution in [0.4, 0.5) is 5.69 Å². The molecule has 0 bridgehead atoms. The standard InChI is InChI=1S/C23H24ClN3O2/c1-13-11-14(2)19(15(3)12-13)27-22(28)18-20(16-5-7-17(24)8-6-16)25-9-4-10-26(25)21(18)23(27)29/h5-8,11-12,18,20-21H,4,9-10H2,1-3H3/t18-,20-,21-/m0/s1. The van der Waals surface area contributed by atoms with Gasteiger partial charge in [-0.25, -0.2) is 14.9 Å². The number of anilines is 1. The summed E-state index contributed by atoms with van der Waals surface area (Å²) in [5.41, 5.74) is 4.85. The predicted molar refractivity (Wildman–Crippen MR) is 113 cm³/mol. The molecule has 3 heterocycles. The zero-order valence-corrected chi connectivity index (χ0v) is 17.6. The number of benzene rings is 2. The van der Waals surface area contributed by atoms with Crippen LogP contribution in [-0.2, 0) is 9.59 Å². The second-order valence-electron chi connectivity index (χ2n) is 8.41. The number of rotatable bonds is 2. The molecule has 3 aliphatic heterocycles. The Balaban J connectivity index is 1.61. The molecule has 3 atom stereocenters. The number of hydrogen-bond donors (Lipinski definition) is 0. The maximum absolute atomic E-state index is 13.7. The van der Waals surface area contributed by atoms with Gasteiger partial charge in [-0.3, -0.25) is 9.59 Å². The van der Waals surface area contributed by atoms with Crippen LogP contribution in [0.2, 0.25) is 5.02 Å². The minimum Gasteiger partial charge on any atom is -0.274 e. The van der Waals surface area contributed by atoms with E-state index in [0.29, 0.717) is 5.02 Å². The SMILES string of the molecule is Cc1cc(C)c(N2C(=O)[C@@H]3[C@@H](C2=O)N2CCCN2[C@H]3c2ccc(Cl)cc2)c(C)c1. The number of amides is 2. The Bertz CT molecular complexity index is 996. The van der Waals surface area contributed by atoms with Crippen molar-refractivity contribution in [3.05, 3.63) is 63.7 Å². The van der Waals surface area contributed by atoms with E-state index in [1.807, 2.05) is 57.2 Å². The molecule has 0 spiro atoms. The van der Waals surface area contributed by atoms with Crippen LogP contribution in [0.3, 0.4) is 0 Å². The molecule has 0 N–H and O–H groups in total. The molecule has 0 aliphatic carbocycles. The average Bonchev–Trinajstić information content (AvgIpc) is 3.30. The van der Waals surface area contributed by atoms with Crippen molar-refractivity contribution in [1.29, 1.82) is 0 Å². The molecule has 3 fully saturated rings. The van der Waals surface area contributed by atoms with Crippen LogP contribution in [0.25, 0.3) is 0 Å². The number of nitrogens with zero attached hydrogens (tertiary/aromatic N) is 3. The lowest BCUT2D eigenvalue weighted by atomic mass is 9.90. The molecule has 3 aliphatic rings. The highest BCUT2D eigenvalue weighted by Gasteiger charge is 2.63.